The van der Waals surface area contributed by atoms with E-state index in [2.05, 4.69) is 18.2 Å². The second-order valence-electron chi connectivity index (χ2n) is 8.02. The highest BCUT2D eigenvalue weighted by atomic mass is 16.1. The van der Waals surface area contributed by atoms with Crippen LogP contribution in [0.5, 0.6) is 0 Å². The SMILES string of the molecule is O=c1c2ccccc2c2cc3ccc4c(ccc5c(=O)c6ccccc6c54)c3cc12. The number of benzene rings is 5. The molecule has 2 heteroatoms. The first-order valence-corrected chi connectivity index (χ1v) is 10.0. The summed E-state index contributed by atoms with van der Waals surface area (Å²) in [5, 5.41) is 11.3. The second kappa shape index (κ2) is 5.31. The summed E-state index contributed by atoms with van der Waals surface area (Å²) >= 11 is 0. The molecule has 0 N–H and O–H groups in total. The van der Waals surface area contributed by atoms with Crippen LogP contribution in [0.25, 0.3) is 64.6 Å². The Morgan fingerprint density at radius 2 is 0.900 bits per heavy atom. The van der Waals surface area contributed by atoms with Crippen LogP contribution in [-0.4, -0.2) is 0 Å². The number of hydrogen-bond acceptors (Lipinski definition) is 2. The molecule has 0 radical (unpaired) electrons. The van der Waals surface area contributed by atoms with Crippen LogP contribution in [-0.2, 0) is 0 Å². The van der Waals surface area contributed by atoms with E-state index in [1.54, 1.807) is 0 Å². The maximum absolute atomic E-state index is 13.0. The van der Waals surface area contributed by atoms with Crippen molar-refractivity contribution in [2.45, 2.75) is 0 Å². The molecule has 0 unspecified atom stereocenters. The maximum Gasteiger partial charge on any atom is 0.194 e. The van der Waals surface area contributed by atoms with E-state index in [0.29, 0.717) is 0 Å². The standard InChI is InChI=1S/C28H14O2/c29-27-21-8-4-2-6-18(21)26-19-10-9-15-13-24-16-5-1-3-7-20(16)28(30)25(24)14-23(15)17(19)11-12-22(26)27/h1-14H. The zero-order chi connectivity index (χ0) is 20.0. The van der Waals surface area contributed by atoms with Gasteiger partial charge in [0, 0.05) is 26.9 Å². The van der Waals surface area contributed by atoms with Gasteiger partial charge in [-0.3, -0.25) is 9.59 Å². The second-order valence-corrected chi connectivity index (χ2v) is 8.02. The van der Waals surface area contributed by atoms with Crippen LogP contribution in [0.4, 0.5) is 0 Å². The molecule has 0 saturated carbocycles. The Morgan fingerprint density at radius 3 is 1.70 bits per heavy atom. The Hall–Kier alpha value is -4.04. The smallest absolute Gasteiger partial charge is 0.194 e. The Morgan fingerprint density at radius 1 is 0.367 bits per heavy atom. The largest absolute Gasteiger partial charge is 0.289 e. The molecule has 30 heavy (non-hydrogen) atoms. The van der Waals surface area contributed by atoms with Crippen LogP contribution in [0.1, 0.15) is 0 Å². The highest BCUT2D eigenvalue weighted by Gasteiger charge is 2.15. The molecule has 7 aromatic rings. The quantitative estimate of drug-likeness (QED) is 0.293. The van der Waals surface area contributed by atoms with Gasteiger partial charge in [0.15, 0.2) is 10.9 Å². The molecule has 0 amide bonds. The zero-order valence-electron chi connectivity index (χ0n) is 15.9. The third-order valence-corrected chi connectivity index (χ3v) is 6.55. The topological polar surface area (TPSA) is 34.1 Å². The van der Waals surface area contributed by atoms with Crippen molar-refractivity contribution in [1.29, 1.82) is 0 Å². The minimum Gasteiger partial charge on any atom is -0.289 e. The van der Waals surface area contributed by atoms with Crippen LogP contribution in [0, 0.1) is 0 Å². The fraction of sp³-hybridized carbons (Fsp3) is 0. The van der Waals surface area contributed by atoms with Gasteiger partial charge in [0.05, 0.1) is 0 Å². The first kappa shape index (κ1) is 15.8. The molecule has 138 valence electrons. The average Bonchev–Trinajstić information content (AvgIpc) is 3.25. The zero-order valence-corrected chi connectivity index (χ0v) is 15.9. The van der Waals surface area contributed by atoms with Crippen molar-refractivity contribution in [3.05, 3.63) is 105 Å². The molecule has 7 rings (SSSR count). The summed E-state index contributed by atoms with van der Waals surface area (Å²) in [6.07, 6.45) is 0. The summed E-state index contributed by atoms with van der Waals surface area (Å²) in [5.74, 6) is 0. The lowest BCUT2D eigenvalue weighted by Gasteiger charge is -2.07. The molecule has 0 aromatic heterocycles. The third kappa shape index (κ3) is 1.79. The van der Waals surface area contributed by atoms with E-state index in [1.807, 2.05) is 66.7 Å². The fourth-order valence-corrected chi connectivity index (χ4v) is 5.18. The molecule has 2 nitrogen and oxygen atoms in total. The highest BCUT2D eigenvalue weighted by molar-refractivity contribution is 6.28. The lowest BCUT2D eigenvalue weighted by atomic mass is 9.96. The molecule has 0 fully saturated rings. The third-order valence-electron chi connectivity index (χ3n) is 6.55. The Labute approximate surface area is 170 Å². The average molecular weight is 382 g/mol. The first-order valence-electron chi connectivity index (χ1n) is 10.0. The van der Waals surface area contributed by atoms with Crippen molar-refractivity contribution in [2.24, 2.45) is 0 Å². The van der Waals surface area contributed by atoms with Gasteiger partial charge in [0.1, 0.15) is 0 Å². The van der Waals surface area contributed by atoms with Gasteiger partial charge >= 0.3 is 0 Å². The Kier molecular flexibility index (Phi) is 2.80. The number of hydrogen-bond donors (Lipinski definition) is 0. The van der Waals surface area contributed by atoms with E-state index >= 15 is 0 Å². The van der Waals surface area contributed by atoms with Crippen molar-refractivity contribution in [3.63, 3.8) is 0 Å². The van der Waals surface area contributed by atoms with Crippen molar-refractivity contribution >= 4 is 64.6 Å². The van der Waals surface area contributed by atoms with Gasteiger partial charge < -0.3 is 0 Å². The minimum absolute atomic E-state index is 0.0844. The molecule has 0 spiro atoms. The van der Waals surface area contributed by atoms with Crippen LogP contribution in [0.2, 0.25) is 0 Å². The molecule has 0 aliphatic heterocycles. The van der Waals surface area contributed by atoms with E-state index in [-0.39, 0.29) is 10.9 Å². The van der Waals surface area contributed by atoms with Crippen LogP contribution < -0.4 is 10.9 Å². The van der Waals surface area contributed by atoms with Gasteiger partial charge in [0.25, 0.3) is 0 Å². The van der Waals surface area contributed by atoms with Crippen LogP contribution in [0.3, 0.4) is 0 Å². The predicted molar refractivity (Wildman–Crippen MR) is 126 cm³/mol. The molecular formula is C28H14O2. The van der Waals surface area contributed by atoms with Gasteiger partial charge in [0.2, 0.25) is 0 Å². The Balaban J connectivity index is 1.73. The molecule has 0 aliphatic carbocycles. The lowest BCUT2D eigenvalue weighted by molar-refractivity contribution is 1.80. The number of fused-ring (bicyclic) bond motifs is 10. The molecule has 0 aliphatic rings. The molecule has 0 bridgehead atoms. The summed E-state index contributed by atoms with van der Waals surface area (Å²) in [5.41, 5.74) is 0.170. The molecule has 0 heterocycles. The maximum atomic E-state index is 13.0. The fourth-order valence-electron chi connectivity index (χ4n) is 5.18. The van der Waals surface area contributed by atoms with Crippen LogP contribution >= 0.6 is 0 Å². The van der Waals surface area contributed by atoms with Crippen molar-refractivity contribution in [3.8, 4) is 0 Å². The molecule has 0 atom stereocenters. The molecular weight excluding hydrogens is 368 g/mol. The number of rotatable bonds is 0. The van der Waals surface area contributed by atoms with Gasteiger partial charge in [-0.1, -0.05) is 66.7 Å². The van der Waals surface area contributed by atoms with E-state index in [4.69, 9.17) is 0 Å². The van der Waals surface area contributed by atoms with Crippen molar-refractivity contribution < 1.29 is 0 Å². The van der Waals surface area contributed by atoms with E-state index in [1.165, 1.54) is 0 Å². The normalized spacial score (nSPS) is 12.3. The monoisotopic (exact) mass is 382 g/mol. The molecule has 7 aromatic carbocycles. The van der Waals surface area contributed by atoms with Gasteiger partial charge in [-0.05, 0) is 55.9 Å². The van der Waals surface area contributed by atoms with Crippen molar-refractivity contribution in [1.82, 2.24) is 0 Å². The van der Waals surface area contributed by atoms with Gasteiger partial charge in [-0.2, -0.15) is 0 Å². The summed E-state index contributed by atoms with van der Waals surface area (Å²) in [4.78, 5) is 25.9. The van der Waals surface area contributed by atoms with Crippen molar-refractivity contribution in [2.75, 3.05) is 0 Å². The highest BCUT2D eigenvalue weighted by Crippen LogP contribution is 2.37. The van der Waals surface area contributed by atoms with Crippen LogP contribution in [0.15, 0.2) is 94.5 Å². The van der Waals surface area contributed by atoms with E-state index < -0.39 is 0 Å². The van der Waals surface area contributed by atoms with E-state index in [0.717, 1.165) is 64.6 Å². The Bertz CT molecular complexity index is 1930. The predicted octanol–water partition coefficient (Wildman–Crippen LogP) is 6.20. The summed E-state index contributed by atoms with van der Waals surface area (Å²) in [6, 6.07) is 27.9. The lowest BCUT2D eigenvalue weighted by Crippen LogP contribution is -1.94. The van der Waals surface area contributed by atoms with Gasteiger partial charge in [-0.25, -0.2) is 0 Å². The summed E-state index contributed by atoms with van der Waals surface area (Å²) in [6.45, 7) is 0. The van der Waals surface area contributed by atoms with Gasteiger partial charge in [-0.15, -0.1) is 0 Å². The first-order chi connectivity index (χ1) is 14.7. The molecule has 0 saturated heterocycles. The van der Waals surface area contributed by atoms with E-state index in [9.17, 15) is 9.59 Å². The minimum atomic E-state index is 0.0844. The summed E-state index contributed by atoms with van der Waals surface area (Å²) < 4.78 is 0. The summed E-state index contributed by atoms with van der Waals surface area (Å²) in [7, 11) is 0.